The van der Waals surface area contributed by atoms with Gasteiger partial charge in [0, 0.05) is 24.2 Å². The van der Waals surface area contributed by atoms with E-state index < -0.39 is 18.2 Å². The molecule has 0 saturated carbocycles. The fourth-order valence-electron chi connectivity index (χ4n) is 4.70. The predicted octanol–water partition coefficient (Wildman–Crippen LogP) is 3.02. The zero-order valence-electron chi connectivity index (χ0n) is 18.1. The molecule has 3 aliphatic heterocycles. The van der Waals surface area contributed by atoms with Crippen molar-refractivity contribution >= 4 is 16.9 Å². The van der Waals surface area contributed by atoms with E-state index in [4.69, 9.17) is 14.9 Å². The lowest BCUT2D eigenvalue weighted by molar-refractivity contribution is -0.138. The molecule has 2 bridgehead atoms. The molecule has 3 saturated heterocycles. The van der Waals surface area contributed by atoms with Crippen LogP contribution in [0.2, 0.25) is 0 Å². The minimum Gasteiger partial charge on any atom is -0.497 e. The second kappa shape index (κ2) is 10.2. The predicted molar refractivity (Wildman–Crippen MR) is 119 cm³/mol. The first-order valence-corrected chi connectivity index (χ1v) is 10.7. The van der Waals surface area contributed by atoms with E-state index in [2.05, 4.69) is 22.5 Å². The number of ether oxygens (including phenoxy) is 1. The molecule has 7 nitrogen and oxygen atoms in total. The van der Waals surface area contributed by atoms with Gasteiger partial charge in [-0.1, -0.05) is 6.08 Å². The third-order valence-electron chi connectivity index (χ3n) is 6.29. The highest BCUT2D eigenvalue weighted by Gasteiger charge is 2.42. The number of methoxy groups -OCH3 is 1. The van der Waals surface area contributed by atoms with Crippen LogP contribution >= 0.6 is 0 Å². The van der Waals surface area contributed by atoms with Crippen molar-refractivity contribution < 1.29 is 24.9 Å². The maximum absolute atomic E-state index is 11.2. The summed E-state index contributed by atoms with van der Waals surface area (Å²) < 4.78 is 5.35. The summed E-state index contributed by atoms with van der Waals surface area (Å²) in [6, 6.07) is 7.96. The second-order valence-electron chi connectivity index (χ2n) is 8.42. The van der Waals surface area contributed by atoms with Gasteiger partial charge in [-0.2, -0.15) is 0 Å². The monoisotopic (exact) mass is 428 g/mol. The lowest BCUT2D eigenvalue weighted by Crippen LogP contribution is -2.54. The quantitative estimate of drug-likeness (QED) is 0.608. The Bertz CT molecular complexity index is 916. The number of aliphatic hydroxyl groups is 2. The molecule has 3 N–H and O–H groups in total. The molecule has 0 radical (unpaired) electrons. The molecular formula is C24H32N2O5. The smallest absolute Gasteiger partial charge is 0.305 e. The molecule has 7 heteroatoms. The van der Waals surface area contributed by atoms with Crippen LogP contribution in [-0.2, 0) is 4.79 Å². The van der Waals surface area contributed by atoms with Crippen molar-refractivity contribution in [1.82, 2.24) is 9.88 Å². The molecule has 1 aromatic heterocycles. The van der Waals surface area contributed by atoms with Crippen molar-refractivity contribution in [2.24, 2.45) is 11.8 Å². The van der Waals surface area contributed by atoms with Crippen LogP contribution in [0.25, 0.3) is 10.9 Å². The number of piperidine rings is 3. The number of hydrogen-bond donors (Lipinski definition) is 3. The summed E-state index contributed by atoms with van der Waals surface area (Å²) in [6.45, 7) is 7.51. The van der Waals surface area contributed by atoms with E-state index in [0.29, 0.717) is 11.8 Å². The number of fused-ring (bicyclic) bond motifs is 4. The lowest BCUT2D eigenvalue weighted by Gasteiger charge is -2.50. The highest BCUT2D eigenvalue weighted by Crippen LogP contribution is 2.42. The van der Waals surface area contributed by atoms with Crippen LogP contribution in [0.5, 0.6) is 5.75 Å². The summed E-state index contributed by atoms with van der Waals surface area (Å²) in [5.41, 5.74) is 1.85. The minimum atomic E-state index is -0.963. The fraction of sp³-hybridized carbons (Fsp3) is 0.500. The molecule has 0 amide bonds. The molecule has 4 heterocycles. The van der Waals surface area contributed by atoms with Crippen LogP contribution in [0.4, 0.5) is 0 Å². The van der Waals surface area contributed by atoms with Crippen LogP contribution in [-0.4, -0.2) is 63.5 Å². The van der Waals surface area contributed by atoms with E-state index in [1.54, 1.807) is 13.3 Å². The topological polar surface area (TPSA) is 103 Å². The molecule has 6 atom stereocenters. The third-order valence-corrected chi connectivity index (χ3v) is 6.29. The van der Waals surface area contributed by atoms with Gasteiger partial charge < -0.3 is 20.1 Å². The molecule has 0 spiro atoms. The summed E-state index contributed by atoms with van der Waals surface area (Å²) >= 11 is 0. The number of aromatic nitrogens is 1. The van der Waals surface area contributed by atoms with Gasteiger partial charge in [-0.05, 0) is 68.0 Å². The number of carbonyl (C=O) groups is 1. The summed E-state index contributed by atoms with van der Waals surface area (Å²) in [7, 11) is 1.66. The molecule has 0 aliphatic carbocycles. The van der Waals surface area contributed by atoms with Gasteiger partial charge in [-0.3, -0.25) is 14.7 Å². The van der Waals surface area contributed by atoms with Crippen molar-refractivity contribution in [3.63, 3.8) is 0 Å². The Morgan fingerprint density at radius 1 is 1.39 bits per heavy atom. The van der Waals surface area contributed by atoms with Crippen molar-refractivity contribution in [1.29, 1.82) is 0 Å². The zero-order valence-corrected chi connectivity index (χ0v) is 18.1. The van der Waals surface area contributed by atoms with Crippen LogP contribution < -0.4 is 4.74 Å². The Morgan fingerprint density at radius 3 is 2.71 bits per heavy atom. The fourth-order valence-corrected chi connectivity index (χ4v) is 4.70. The van der Waals surface area contributed by atoms with Crippen LogP contribution in [0.15, 0.2) is 43.1 Å². The first-order valence-electron chi connectivity index (χ1n) is 10.7. The first-order chi connectivity index (χ1) is 14.8. The maximum atomic E-state index is 11.2. The Kier molecular flexibility index (Phi) is 7.64. The van der Waals surface area contributed by atoms with Gasteiger partial charge in [0.2, 0.25) is 0 Å². The molecule has 3 aliphatic rings. The molecule has 168 valence electrons. The number of nitrogens with zero attached hydrogens (tertiary/aromatic N) is 2. The summed E-state index contributed by atoms with van der Waals surface area (Å²) in [5.74, 6) is 1.04. The van der Waals surface area contributed by atoms with Crippen molar-refractivity contribution in [2.45, 2.75) is 44.4 Å². The van der Waals surface area contributed by atoms with Crippen molar-refractivity contribution in [3.05, 3.63) is 48.7 Å². The molecule has 1 aromatic carbocycles. The second-order valence-corrected chi connectivity index (χ2v) is 8.42. The number of carboxylic acid groups (broad SMARTS) is 1. The number of carboxylic acids is 1. The van der Waals surface area contributed by atoms with E-state index >= 15 is 0 Å². The standard InChI is InChI=1S/C20H24N2O2.C4H8O3/c1-3-13-12-22-9-7-14(13)10-19(22)20(23)16-6-8-21-18-5-4-15(24-2)11-17(16)18;1-3(5)2-4(6)7/h3-6,8,11,13-14,19-20,23H,1,7,9-10,12H2,2H3;3,5H,2H2,1H3,(H,6,7)/t13-,14?,19?,20+;/m0./s1. The third kappa shape index (κ3) is 5.42. The van der Waals surface area contributed by atoms with E-state index in [0.717, 1.165) is 41.7 Å². The van der Waals surface area contributed by atoms with E-state index in [9.17, 15) is 9.90 Å². The number of aliphatic carboxylic acids is 1. The van der Waals surface area contributed by atoms with Gasteiger partial charge in [0.1, 0.15) is 5.75 Å². The Hall–Kier alpha value is -2.48. The summed E-state index contributed by atoms with van der Waals surface area (Å²) in [4.78, 5) is 16.5. The van der Waals surface area contributed by atoms with Gasteiger partial charge in [0.05, 0.1) is 31.3 Å². The molecule has 2 aromatic rings. The SMILES string of the molecule is C=C[C@H]1CN2CCC1CC2[C@H](O)c1ccnc2ccc(OC)cc12.CC(O)CC(=O)O. The largest absolute Gasteiger partial charge is 0.497 e. The van der Waals surface area contributed by atoms with Crippen molar-refractivity contribution in [3.8, 4) is 5.75 Å². The lowest BCUT2D eigenvalue weighted by atomic mass is 9.73. The van der Waals surface area contributed by atoms with Gasteiger partial charge in [-0.15, -0.1) is 6.58 Å². The molecule has 3 fully saturated rings. The Labute approximate surface area is 183 Å². The molecule has 4 unspecified atom stereocenters. The number of hydrogen-bond acceptors (Lipinski definition) is 6. The van der Waals surface area contributed by atoms with E-state index in [1.807, 2.05) is 24.3 Å². The Morgan fingerprint density at radius 2 is 2.16 bits per heavy atom. The highest BCUT2D eigenvalue weighted by atomic mass is 16.5. The average Bonchev–Trinajstić information content (AvgIpc) is 2.77. The number of benzene rings is 1. The molecule has 31 heavy (non-hydrogen) atoms. The van der Waals surface area contributed by atoms with E-state index in [1.165, 1.54) is 13.3 Å². The van der Waals surface area contributed by atoms with Crippen LogP contribution in [0, 0.1) is 11.8 Å². The van der Waals surface area contributed by atoms with Crippen LogP contribution in [0.1, 0.15) is 37.9 Å². The van der Waals surface area contributed by atoms with Crippen LogP contribution in [0.3, 0.4) is 0 Å². The first kappa shape index (κ1) is 23.2. The zero-order chi connectivity index (χ0) is 22.5. The maximum Gasteiger partial charge on any atom is 0.305 e. The molecular weight excluding hydrogens is 396 g/mol. The van der Waals surface area contributed by atoms with Gasteiger partial charge in [-0.25, -0.2) is 0 Å². The normalized spacial score (nSPS) is 26.5. The average molecular weight is 429 g/mol. The summed E-state index contributed by atoms with van der Waals surface area (Å²) in [6.07, 6.45) is 4.73. The number of aliphatic hydroxyl groups excluding tert-OH is 2. The highest BCUT2D eigenvalue weighted by molar-refractivity contribution is 5.84. The molecule has 5 rings (SSSR count). The minimum absolute atomic E-state index is 0.167. The van der Waals surface area contributed by atoms with E-state index in [-0.39, 0.29) is 12.5 Å². The van der Waals surface area contributed by atoms with Crippen molar-refractivity contribution in [2.75, 3.05) is 20.2 Å². The van der Waals surface area contributed by atoms with Gasteiger partial charge in [0.25, 0.3) is 0 Å². The van der Waals surface area contributed by atoms with Gasteiger partial charge in [0.15, 0.2) is 0 Å². The Balaban J connectivity index is 0.000000339. The number of rotatable bonds is 6. The number of pyridine rings is 1. The summed E-state index contributed by atoms with van der Waals surface area (Å²) in [5, 5.41) is 28.4. The van der Waals surface area contributed by atoms with Gasteiger partial charge >= 0.3 is 5.97 Å².